The van der Waals surface area contributed by atoms with Crippen molar-refractivity contribution in [3.63, 3.8) is 0 Å². The van der Waals surface area contributed by atoms with Crippen molar-refractivity contribution >= 4 is 70.9 Å². The summed E-state index contributed by atoms with van der Waals surface area (Å²) in [5.74, 6) is 0. The molecule has 0 amide bonds. The van der Waals surface area contributed by atoms with Crippen LogP contribution in [0.5, 0.6) is 0 Å². The van der Waals surface area contributed by atoms with Gasteiger partial charge in [0.25, 0.3) is 0 Å². The molecule has 0 heterocycles. The van der Waals surface area contributed by atoms with Gasteiger partial charge in [0.1, 0.15) is 0 Å². The molecule has 0 bridgehead atoms. The summed E-state index contributed by atoms with van der Waals surface area (Å²) in [6.07, 6.45) is 0. The SMILES string of the molecule is c1ccc(-c2ccc(N(c3ccc(-c4cccc5c4ccc4ccccc45)cc3)c3ccc4c(ccc5ccccc54)c3)c3ccccc23)cc1. The van der Waals surface area contributed by atoms with Gasteiger partial charge in [-0.3, -0.25) is 0 Å². The molecule has 0 fully saturated rings. The molecule has 0 unspecified atom stereocenters. The molecule has 10 aromatic carbocycles. The van der Waals surface area contributed by atoms with Crippen molar-refractivity contribution in [2.24, 2.45) is 0 Å². The van der Waals surface area contributed by atoms with Crippen molar-refractivity contribution < 1.29 is 0 Å². The number of hydrogen-bond acceptors (Lipinski definition) is 1. The monoisotopic (exact) mass is 647 g/mol. The van der Waals surface area contributed by atoms with Crippen LogP contribution in [0.3, 0.4) is 0 Å². The van der Waals surface area contributed by atoms with Gasteiger partial charge in [0, 0.05) is 16.8 Å². The van der Waals surface area contributed by atoms with Gasteiger partial charge in [-0.25, -0.2) is 0 Å². The fourth-order valence-corrected chi connectivity index (χ4v) is 8.00. The van der Waals surface area contributed by atoms with Crippen LogP contribution in [-0.4, -0.2) is 0 Å². The van der Waals surface area contributed by atoms with E-state index in [-0.39, 0.29) is 0 Å². The Bertz CT molecular complexity index is 2900. The molecule has 0 N–H and O–H groups in total. The third-order valence-electron chi connectivity index (χ3n) is 10.4. The average Bonchev–Trinajstić information content (AvgIpc) is 3.21. The Morgan fingerprint density at radius 3 is 1.55 bits per heavy atom. The Labute approximate surface area is 297 Å². The van der Waals surface area contributed by atoms with Crippen LogP contribution in [0.15, 0.2) is 200 Å². The summed E-state index contributed by atoms with van der Waals surface area (Å²) in [5, 5.41) is 12.6. The molecule has 0 aromatic heterocycles. The van der Waals surface area contributed by atoms with E-state index in [9.17, 15) is 0 Å². The molecule has 0 aliphatic heterocycles. The molecule has 0 radical (unpaired) electrons. The van der Waals surface area contributed by atoms with E-state index < -0.39 is 0 Å². The summed E-state index contributed by atoms with van der Waals surface area (Å²) < 4.78 is 0. The maximum atomic E-state index is 2.42. The molecular formula is C50H33N. The van der Waals surface area contributed by atoms with Gasteiger partial charge in [-0.1, -0.05) is 170 Å². The third kappa shape index (κ3) is 4.94. The molecule has 0 spiro atoms. The van der Waals surface area contributed by atoms with Gasteiger partial charge in [0.2, 0.25) is 0 Å². The summed E-state index contributed by atoms with van der Waals surface area (Å²) in [6, 6.07) is 73.1. The van der Waals surface area contributed by atoms with Crippen LogP contribution < -0.4 is 4.90 Å². The average molecular weight is 648 g/mol. The van der Waals surface area contributed by atoms with Crippen LogP contribution in [0.2, 0.25) is 0 Å². The minimum atomic E-state index is 1.11. The lowest BCUT2D eigenvalue weighted by molar-refractivity contribution is 1.30. The van der Waals surface area contributed by atoms with Gasteiger partial charge in [0.15, 0.2) is 0 Å². The molecule has 0 saturated heterocycles. The summed E-state index contributed by atoms with van der Waals surface area (Å²) in [5.41, 5.74) is 8.28. The molecule has 0 atom stereocenters. The Hall–Kier alpha value is -6.70. The van der Waals surface area contributed by atoms with E-state index in [4.69, 9.17) is 0 Å². The first-order valence-electron chi connectivity index (χ1n) is 17.6. The molecular weight excluding hydrogens is 615 g/mol. The lowest BCUT2D eigenvalue weighted by atomic mass is 9.94. The van der Waals surface area contributed by atoms with Gasteiger partial charge >= 0.3 is 0 Å². The second kappa shape index (κ2) is 12.0. The topological polar surface area (TPSA) is 3.24 Å². The fourth-order valence-electron chi connectivity index (χ4n) is 8.00. The summed E-state index contributed by atoms with van der Waals surface area (Å²) in [6.45, 7) is 0. The predicted octanol–water partition coefficient (Wildman–Crippen LogP) is 14.3. The Balaban J connectivity index is 1.16. The lowest BCUT2D eigenvalue weighted by Gasteiger charge is -2.28. The quantitative estimate of drug-likeness (QED) is 0.168. The van der Waals surface area contributed by atoms with E-state index in [1.54, 1.807) is 0 Å². The standard InChI is InChI=1S/C50H33N/c1-2-11-34(12-3-1)44-31-32-50(49-18-9-8-17-47(44)49)51(40-28-30-45-38(33-40)22-21-35-13-4-6-15-41(35)45)39-26-23-37(24-27-39)43-19-10-20-46-42-16-7-5-14-36(42)25-29-48(43)46/h1-33H. The molecule has 10 rings (SSSR count). The maximum absolute atomic E-state index is 2.42. The van der Waals surface area contributed by atoms with Gasteiger partial charge < -0.3 is 4.90 Å². The van der Waals surface area contributed by atoms with Crippen LogP contribution in [-0.2, 0) is 0 Å². The van der Waals surface area contributed by atoms with E-state index in [0.29, 0.717) is 0 Å². The summed E-state index contributed by atoms with van der Waals surface area (Å²) in [4.78, 5) is 2.42. The minimum Gasteiger partial charge on any atom is -0.310 e. The van der Waals surface area contributed by atoms with Gasteiger partial charge in [-0.2, -0.15) is 0 Å². The fraction of sp³-hybridized carbons (Fsp3) is 0. The van der Waals surface area contributed by atoms with Crippen LogP contribution in [0, 0.1) is 0 Å². The first-order valence-corrected chi connectivity index (χ1v) is 17.6. The van der Waals surface area contributed by atoms with Crippen LogP contribution >= 0.6 is 0 Å². The van der Waals surface area contributed by atoms with E-state index in [1.807, 2.05) is 0 Å². The number of rotatable bonds is 5. The zero-order valence-corrected chi connectivity index (χ0v) is 28.0. The zero-order chi connectivity index (χ0) is 33.7. The summed E-state index contributed by atoms with van der Waals surface area (Å²) in [7, 11) is 0. The van der Waals surface area contributed by atoms with Crippen LogP contribution in [0.1, 0.15) is 0 Å². The highest BCUT2D eigenvalue weighted by molar-refractivity contribution is 6.13. The number of fused-ring (bicyclic) bond motifs is 7. The number of benzene rings is 10. The molecule has 10 aromatic rings. The van der Waals surface area contributed by atoms with Crippen LogP contribution in [0.4, 0.5) is 17.1 Å². The van der Waals surface area contributed by atoms with Gasteiger partial charge in [-0.15, -0.1) is 0 Å². The molecule has 0 aliphatic carbocycles. The Morgan fingerprint density at radius 1 is 0.255 bits per heavy atom. The van der Waals surface area contributed by atoms with Crippen molar-refractivity contribution in [1.29, 1.82) is 0 Å². The molecule has 0 saturated carbocycles. The molecule has 238 valence electrons. The van der Waals surface area contributed by atoms with Crippen LogP contribution in [0.25, 0.3) is 76.1 Å². The van der Waals surface area contributed by atoms with E-state index in [1.165, 1.54) is 76.1 Å². The normalized spacial score (nSPS) is 11.5. The van der Waals surface area contributed by atoms with Gasteiger partial charge in [-0.05, 0) is 101 Å². The highest BCUT2D eigenvalue weighted by Crippen LogP contribution is 2.44. The molecule has 1 nitrogen and oxygen atoms in total. The second-order valence-electron chi connectivity index (χ2n) is 13.3. The lowest BCUT2D eigenvalue weighted by Crippen LogP contribution is -2.10. The zero-order valence-electron chi connectivity index (χ0n) is 28.0. The van der Waals surface area contributed by atoms with Crippen molar-refractivity contribution in [2.45, 2.75) is 0 Å². The van der Waals surface area contributed by atoms with Crippen molar-refractivity contribution in [3.05, 3.63) is 200 Å². The van der Waals surface area contributed by atoms with E-state index in [2.05, 4.69) is 205 Å². The van der Waals surface area contributed by atoms with Gasteiger partial charge in [0.05, 0.1) is 5.69 Å². The smallest absolute Gasteiger partial charge is 0.0540 e. The van der Waals surface area contributed by atoms with Crippen molar-refractivity contribution in [2.75, 3.05) is 4.90 Å². The largest absolute Gasteiger partial charge is 0.310 e. The molecule has 0 aliphatic rings. The second-order valence-corrected chi connectivity index (χ2v) is 13.3. The Morgan fingerprint density at radius 2 is 0.765 bits per heavy atom. The highest BCUT2D eigenvalue weighted by atomic mass is 15.1. The Kier molecular flexibility index (Phi) is 6.89. The van der Waals surface area contributed by atoms with Crippen molar-refractivity contribution in [1.82, 2.24) is 0 Å². The third-order valence-corrected chi connectivity index (χ3v) is 10.4. The maximum Gasteiger partial charge on any atom is 0.0540 e. The van der Waals surface area contributed by atoms with E-state index >= 15 is 0 Å². The molecule has 1 heteroatoms. The first-order chi connectivity index (χ1) is 25.3. The predicted molar refractivity (Wildman–Crippen MR) is 220 cm³/mol. The number of anilines is 3. The van der Waals surface area contributed by atoms with E-state index in [0.717, 1.165) is 17.1 Å². The first kappa shape index (κ1) is 29.2. The highest BCUT2D eigenvalue weighted by Gasteiger charge is 2.18. The minimum absolute atomic E-state index is 1.11. The summed E-state index contributed by atoms with van der Waals surface area (Å²) >= 11 is 0. The number of hydrogen-bond donors (Lipinski definition) is 0. The number of nitrogens with zero attached hydrogens (tertiary/aromatic N) is 1. The van der Waals surface area contributed by atoms with Crippen molar-refractivity contribution in [3.8, 4) is 22.3 Å². The molecule has 51 heavy (non-hydrogen) atoms.